The summed E-state index contributed by atoms with van der Waals surface area (Å²) < 4.78 is 8.03. The van der Waals surface area contributed by atoms with Crippen LogP contribution in [-0.2, 0) is 23.3 Å². The van der Waals surface area contributed by atoms with Gasteiger partial charge in [-0.3, -0.25) is 9.69 Å². The molecule has 3 heterocycles. The lowest BCUT2D eigenvalue weighted by Gasteiger charge is -2.35. The second-order valence-electron chi connectivity index (χ2n) is 10.2. The molecular weight excluding hydrogens is 440 g/mol. The third-order valence-electron chi connectivity index (χ3n) is 6.52. The lowest BCUT2D eigenvalue weighted by Crippen LogP contribution is -2.46. The number of primary amides is 1. The number of imidazole rings is 1. The van der Waals surface area contributed by atoms with Gasteiger partial charge in [-0.05, 0) is 35.2 Å². The molecule has 1 amide bonds. The minimum Gasteiger partial charge on any atom is -0.434 e. The van der Waals surface area contributed by atoms with Gasteiger partial charge in [0.1, 0.15) is 12.1 Å². The number of anilines is 1. The molecule has 1 saturated heterocycles. The number of hydrogen-bond donors (Lipinski definition) is 1. The van der Waals surface area contributed by atoms with E-state index in [1.807, 2.05) is 18.3 Å². The number of benzene rings is 2. The van der Waals surface area contributed by atoms with Gasteiger partial charge in [0, 0.05) is 44.5 Å². The topological polar surface area (TPSA) is 93.4 Å². The molecule has 2 aromatic carbocycles. The van der Waals surface area contributed by atoms with Crippen LogP contribution in [0, 0.1) is 0 Å². The summed E-state index contributed by atoms with van der Waals surface area (Å²) in [7, 11) is 0. The maximum Gasteiger partial charge on any atom is 0.237 e. The zero-order chi connectivity index (χ0) is 24.6. The number of carbonyl (C=O) groups is 1. The highest BCUT2D eigenvalue weighted by molar-refractivity contribution is 5.88. The minimum absolute atomic E-state index is 0.110. The summed E-state index contributed by atoms with van der Waals surface area (Å²) in [6.45, 7) is 11.1. The Hall–Kier alpha value is -3.65. The van der Waals surface area contributed by atoms with E-state index in [1.165, 1.54) is 5.56 Å². The van der Waals surface area contributed by atoms with E-state index in [2.05, 4.69) is 65.9 Å². The van der Waals surface area contributed by atoms with Crippen molar-refractivity contribution in [3.05, 3.63) is 66.2 Å². The number of carbonyl (C=O) groups excluding carboxylic acids is 1. The first kappa shape index (κ1) is 23.1. The zero-order valence-electron chi connectivity index (χ0n) is 20.6. The van der Waals surface area contributed by atoms with Crippen LogP contribution in [0.2, 0.25) is 0 Å². The normalized spacial score (nSPS) is 15.1. The van der Waals surface area contributed by atoms with Crippen LogP contribution >= 0.6 is 0 Å². The minimum atomic E-state index is -0.366. The third-order valence-corrected chi connectivity index (χ3v) is 6.52. The summed E-state index contributed by atoms with van der Waals surface area (Å²) in [4.78, 5) is 25.0. The number of amides is 1. The molecule has 182 valence electrons. The van der Waals surface area contributed by atoms with Crippen molar-refractivity contribution < 1.29 is 9.21 Å². The molecule has 4 aromatic rings. The molecule has 8 nitrogen and oxygen atoms in total. The Kier molecular flexibility index (Phi) is 6.06. The predicted octanol–water partition coefficient (Wildman–Crippen LogP) is 3.80. The Labute approximate surface area is 205 Å². The van der Waals surface area contributed by atoms with Gasteiger partial charge >= 0.3 is 0 Å². The number of oxazole rings is 1. The Balaban J connectivity index is 1.28. The van der Waals surface area contributed by atoms with Gasteiger partial charge in [-0.2, -0.15) is 0 Å². The van der Waals surface area contributed by atoms with Crippen LogP contribution in [-0.4, -0.2) is 51.5 Å². The number of nitrogens with two attached hydrogens (primary N) is 1. The highest BCUT2D eigenvalue weighted by atomic mass is 16.3. The molecule has 1 aliphatic heterocycles. The zero-order valence-corrected chi connectivity index (χ0v) is 20.6. The molecule has 1 aliphatic rings. The standard InChI is InChI=1S/C27H32N6O2/c1-27(2,3)20-9-7-19(8-10-20)26-30-22-5-4-6-23(25(22)35-26)33-13-11-31(12-14-33)15-21-16-32(18-29-21)17-24(28)34/h4-10,16,18H,11-15,17H2,1-3H3,(H2,28,34). The Bertz CT molecular complexity index is 1320. The number of aromatic nitrogens is 3. The van der Waals surface area contributed by atoms with E-state index in [9.17, 15) is 4.79 Å². The van der Waals surface area contributed by atoms with E-state index in [0.29, 0.717) is 5.89 Å². The summed E-state index contributed by atoms with van der Waals surface area (Å²) in [5, 5.41) is 0. The van der Waals surface area contributed by atoms with Crippen molar-refractivity contribution in [3.63, 3.8) is 0 Å². The summed E-state index contributed by atoms with van der Waals surface area (Å²) >= 11 is 0. The molecule has 0 spiro atoms. The van der Waals surface area contributed by atoms with Crippen LogP contribution in [0.4, 0.5) is 5.69 Å². The average Bonchev–Trinajstić information content (AvgIpc) is 3.45. The summed E-state index contributed by atoms with van der Waals surface area (Å²) in [5.74, 6) is 0.285. The fourth-order valence-corrected chi connectivity index (χ4v) is 4.55. The van der Waals surface area contributed by atoms with Crippen molar-refractivity contribution in [1.82, 2.24) is 19.4 Å². The molecule has 0 aliphatic carbocycles. The van der Waals surface area contributed by atoms with E-state index in [-0.39, 0.29) is 17.9 Å². The van der Waals surface area contributed by atoms with E-state index in [1.54, 1.807) is 10.9 Å². The van der Waals surface area contributed by atoms with Crippen molar-refractivity contribution in [2.24, 2.45) is 5.73 Å². The molecule has 0 radical (unpaired) electrons. The number of hydrogen-bond acceptors (Lipinski definition) is 6. The molecule has 8 heteroatoms. The van der Waals surface area contributed by atoms with Gasteiger partial charge in [-0.15, -0.1) is 0 Å². The molecular formula is C27H32N6O2. The Morgan fingerprint density at radius 2 is 1.80 bits per heavy atom. The molecule has 35 heavy (non-hydrogen) atoms. The van der Waals surface area contributed by atoms with Gasteiger partial charge < -0.3 is 19.6 Å². The van der Waals surface area contributed by atoms with E-state index >= 15 is 0 Å². The number of para-hydroxylation sites is 1. The van der Waals surface area contributed by atoms with Gasteiger partial charge in [-0.1, -0.05) is 39.0 Å². The van der Waals surface area contributed by atoms with E-state index in [4.69, 9.17) is 15.1 Å². The molecule has 2 aromatic heterocycles. The second kappa shape index (κ2) is 9.19. The van der Waals surface area contributed by atoms with Gasteiger partial charge in [0.05, 0.1) is 17.7 Å². The van der Waals surface area contributed by atoms with Gasteiger partial charge in [-0.25, -0.2) is 9.97 Å². The quantitative estimate of drug-likeness (QED) is 0.459. The smallest absolute Gasteiger partial charge is 0.237 e. The number of nitrogens with zero attached hydrogens (tertiary/aromatic N) is 5. The van der Waals surface area contributed by atoms with Crippen LogP contribution in [0.5, 0.6) is 0 Å². The molecule has 0 saturated carbocycles. The molecule has 0 atom stereocenters. The highest BCUT2D eigenvalue weighted by Crippen LogP contribution is 2.33. The molecule has 5 rings (SSSR count). The lowest BCUT2D eigenvalue weighted by atomic mass is 9.87. The van der Waals surface area contributed by atoms with Crippen LogP contribution in [0.25, 0.3) is 22.6 Å². The lowest BCUT2D eigenvalue weighted by molar-refractivity contribution is -0.118. The molecule has 0 bridgehead atoms. The largest absolute Gasteiger partial charge is 0.434 e. The first-order valence-electron chi connectivity index (χ1n) is 12.0. The van der Waals surface area contributed by atoms with E-state index < -0.39 is 0 Å². The average molecular weight is 473 g/mol. The fourth-order valence-electron chi connectivity index (χ4n) is 4.55. The number of piperazine rings is 1. The number of fused-ring (bicyclic) bond motifs is 1. The maximum atomic E-state index is 11.1. The van der Waals surface area contributed by atoms with Crippen molar-refractivity contribution in [1.29, 1.82) is 0 Å². The van der Waals surface area contributed by atoms with Crippen LogP contribution in [0.3, 0.4) is 0 Å². The third kappa shape index (κ3) is 5.07. The van der Waals surface area contributed by atoms with Crippen LogP contribution < -0.4 is 10.6 Å². The van der Waals surface area contributed by atoms with E-state index in [0.717, 1.165) is 60.8 Å². The molecule has 2 N–H and O–H groups in total. The highest BCUT2D eigenvalue weighted by Gasteiger charge is 2.22. The SMILES string of the molecule is CC(C)(C)c1ccc(-c2nc3cccc(N4CCN(Cc5cn(CC(N)=O)cn5)CC4)c3o2)cc1. The van der Waals surface area contributed by atoms with Gasteiger partial charge in [0.25, 0.3) is 0 Å². The van der Waals surface area contributed by atoms with Crippen molar-refractivity contribution in [2.45, 2.75) is 39.3 Å². The van der Waals surface area contributed by atoms with Crippen LogP contribution in [0.1, 0.15) is 32.0 Å². The Morgan fingerprint density at radius 1 is 1.06 bits per heavy atom. The second-order valence-corrected chi connectivity index (χ2v) is 10.2. The first-order valence-corrected chi connectivity index (χ1v) is 12.0. The van der Waals surface area contributed by atoms with Gasteiger partial charge in [0.2, 0.25) is 11.8 Å². The summed E-state index contributed by atoms with van der Waals surface area (Å²) in [6, 6.07) is 14.7. The predicted molar refractivity (Wildman–Crippen MR) is 137 cm³/mol. The van der Waals surface area contributed by atoms with Crippen molar-refractivity contribution in [2.75, 3.05) is 31.1 Å². The first-order chi connectivity index (χ1) is 16.8. The van der Waals surface area contributed by atoms with Crippen molar-refractivity contribution >= 4 is 22.7 Å². The number of rotatable bonds is 6. The van der Waals surface area contributed by atoms with Crippen molar-refractivity contribution in [3.8, 4) is 11.5 Å². The monoisotopic (exact) mass is 472 g/mol. The molecule has 0 unspecified atom stereocenters. The van der Waals surface area contributed by atoms with Crippen LogP contribution in [0.15, 0.2) is 59.4 Å². The summed E-state index contributed by atoms with van der Waals surface area (Å²) in [5.41, 5.74) is 11.4. The Morgan fingerprint density at radius 3 is 2.49 bits per heavy atom. The maximum absolute atomic E-state index is 11.1. The molecule has 1 fully saturated rings. The van der Waals surface area contributed by atoms with Gasteiger partial charge in [0.15, 0.2) is 5.58 Å². The fraction of sp³-hybridized carbons (Fsp3) is 0.370. The summed E-state index contributed by atoms with van der Waals surface area (Å²) in [6.07, 6.45) is 3.55.